The van der Waals surface area contributed by atoms with Crippen LogP contribution >= 0.6 is 0 Å². The summed E-state index contributed by atoms with van der Waals surface area (Å²) in [6, 6.07) is 8.57. The SMILES string of the molecule is CC(C)(C)NC(=O)CN(c1ccccc1)S(C)(=O)=O. The smallest absolute Gasteiger partial charge is 0.241 e. The number of benzene rings is 1. The van der Waals surface area contributed by atoms with Crippen molar-refractivity contribution in [3.8, 4) is 0 Å². The van der Waals surface area contributed by atoms with Crippen molar-refractivity contribution >= 4 is 21.6 Å². The van der Waals surface area contributed by atoms with Crippen LogP contribution in [0.2, 0.25) is 0 Å². The van der Waals surface area contributed by atoms with Crippen molar-refractivity contribution in [3.05, 3.63) is 30.3 Å². The molecule has 0 heterocycles. The summed E-state index contributed by atoms with van der Waals surface area (Å²) in [7, 11) is -3.50. The van der Waals surface area contributed by atoms with Crippen molar-refractivity contribution in [2.24, 2.45) is 0 Å². The first-order chi connectivity index (χ1) is 8.59. The third-order valence-corrected chi connectivity index (χ3v) is 3.39. The topological polar surface area (TPSA) is 66.5 Å². The number of carbonyl (C=O) groups is 1. The van der Waals surface area contributed by atoms with E-state index in [-0.39, 0.29) is 12.5 Å². The standard InChI is InChI=1S/C13H20N2O3S/c1-13(2,3)14-12(16)10-15(19(4,17)18)11-8-6-5-7-9-11/h5-9H,10H2,1-4H3,(H,14,16). The maximum Gasteiger partial charge on any atom is 0.241 e. The molecule has 106 valence electrons. The molecular weight excluding hydrogens is 264 g/mol. The van der Waals surface area contributed by atoms with Crippen molar-refractivity contribution in [1.29, 1.82) is 0 Å². The van der Waals surface area contributed by atoms with Gasteiger partial charge in [0.1, 0.15) is 6.54 Å². The normalized spacial score (nSPS) is 12.0. The van der Waals surface area contributed by atoms with E-state index in [0.29, 0.717) is 5.69 Å². The van der Waals surface area contributed by atoms with Crippen LogP contribution in [0.4, 0.5) is 5.69 Å². The van der Waals surface area contributed by atoms with Crippen LogP contribution in [0.1, 0.15) is 20.8 Å². The number of nitrogens with zero attached hydrogens (tertiary/aromatic N) is 1. The van der Waals surface area contributed by atoms with Crippen LogP contribution in [0.15, 0.2) is 30.3 Å². The van der Waals surface area contributed by atoms with Crippen molar-refractivity contribution in [2.45, 2.75) is 26.3 Å². The van der Waals surface area contributed by atoms with E-state index >= 15 is 0 Å². The number of amides is 1. The Balaban J connectivity index is 2.93. The van der Waals surface area contributed by atoms with Crippen LogP contribution < -0.4 is 9.62 Å². The van der Waals surface area contributed by atoms with Gasteiger partial charge >= 0.3 is 0 Å². The van der Waals surface area contributed by atoms with Crippen molar-refractivity contribution in [2.75, 3.05) is 17.1 Å². The van der Waals surface area contributed by atoms with Gasteiger partial charge in [-0.15, -0.1) is 0 Å². The Hall–Kier alpha value is -1.56. The fourth-order valence-corrected chi connectivity index (χ4v) is 2.44. The molecule has 0 aliphatic heterocycles. The molecule has 0 saturated carbocycles. The number of hydrogen-bond donors (Lipinski definition) is 1. The predicted octanol–water partition coefficient (Wildman–Crippen LogP) is 1.37. The second-order valence-corrected chi connectivity index (χ2v) is 7.31. The minimum absolute atomic E-state index is 0.222. The predicted molar refractivity (Wildman–Crippen MR) is 76.5 cm³/mol. The Morgan fingerprint density at radius 1 is 1.21 bits per heavy atom. The molecule has 0 spiro atoms. The number of rotatable bonds is 4. The zero-order valence-electron chi connectivity index (χ0n) is 11.7. The van der Waals surface area contributed by atoms with Gasteiger partial charge in [-0.2, -0.15) is 0 Å². The Morgan fingerprint density at radius 3 is 2.16 bits per heavy atom. The summed E-state index contributed by atoms with van der Waals surface area (Å²) in [6.45, 7) is 5.31. The molecule has 0 aliphatic carbocycles. The molecule has 19 heavy (non-hydrogen) atoms. The third-order valence-electron chi connectivity index (χ3n) is 2.25. The maximum atomic E-state index is 11.9. The van der Waals surface area contributed by atoms with E-state index in [1.54, 1.807) is 30.3 Å². The number of carbonyl (C=O) groups excluding carboxylic acids is 1. The molecule has 1 N–H and O–H groups in total. The second kappa shape index (κ2) is 5.61. The number of nitrogens with one attached hydrogen (secondary N) is 1. The molecule has 0 unspecified atom stereocenters. The summed E-state index contributed by atoms with van der Waals surface area (Å²) in [5.41, 5.74) is 0.0887. The van der Waals surface area contributed by atoms with Gasteiger partial charge in [-0.25, -0.2) is 8.42 Å². The molecule has 0 atom stereocenters. The van der Waals surface area contributed by atoms with Gasteiger partial charge in [0.25, 0.3) is 0 Å². The highest BCUT2D eigenvalue weighted by molar-refractivity contribution is 7.92. The van der Waals surface area contributed by atoms with Crippen LogP contribution in [0, 0.1) is 0 Å². The minimum atomic E-state index is -3.50. The summed E-state index contributed by atoms with van der Waals surface area (Å²) < 4.78 is 24.6. The molecule has 1 aromatic carbocycles. The van der Waals surface area contributed by atoms with Crippen LogP contribution in [-0.4, -0.2) is 32.7 Å². The molecule has 6 heteroatoms. The molecular formula is C13H20N2O3S. The highest BCUT2D eigenvalue weighted by Gasteiger charge is 2.22. The van der Waals surface area contributed by atoms with E-state index in [9.17, 15) is 13.2 Å². The molecule has 1 amide bonds. The summed E-state index contributed by atoms with van der Waals surface area (Å²) in [6.07, 6.45) is 1.09. The van der Waals surface area contributed by atoms with Gasteiger partial charge in [-0.3, -0.25) is 9.10 Å². The molecule has 0 radical (unpaired) electrons. The van der Waals surface area contributed by atoms with Crippen molar-refractivity contribution in [3.63, 3.8) is 0 Å². The first-order valence-electron chi connectivity index (χ1n) is 5.93. The van der Waals surface area contributed by atoms with E-state index in [1.807, 2.05) is 20.8 Å². The molecule has 0 aromatic heterocycles. The Morgan fingerprint density at radius 2 is 1.74 bits per heavy atom. The van der Waals surface area contributed by atoms with E-state index in [0.717, 1.165) is 10.6 Å². The van der Waals surface area contributed by atoms with E-state index in [4.69, 9.17) is 0 Å². The molecule has 0 bridgehead atoms. The van der Waals surface area contributed by atoms with Gasteiger partial charge in [0.2, 0.25) is 15.9 Å². The largest absolute Gasteiger partial charge is 0.350 e. The summed E-state index contributed by atoms with van der Waals surface area (Å²) in [5, 5.41) is 2.75. The number of hydrogen-bond acceptors (Lipinski definition) is 3. The highest BCUT2D eigenvalue weighted by Crippen LogP contribution is 2.16. The quantitative estimate of drug-likeness (QED) is 0.908. The second-order valence-electron chi connectivity index (χ2n) is 5.40. The van der Waals surface area contributed by atoms with Gasteiger partial charge in [0.15, 0.2) is 0 Å². The van der Waals surface area contributed by atoms with E-state index < -0.39 is 15.6 Å². The first-order valence-corrected chi connectivity index (χ1v) is 7.78. The molecule has 0 aliphatic rings. The van der Waals surface area contributed by atoms with Crippen LogP contribution in [0.25, 0.3) is 0 Å². The average molecular weight is 284 g/mol. The number of anilines is 1. The lowest BCUT2D eigenvalue weighted by molar-refractivity contribution is -0.121. The zero-order chi connectivity index (χ0) is 14.7. The fourth-order valence-electron chi connectivity index (χ4n) is 1.58. The minimum Gasteiger partial charge on any atom is -0.350 e. The Kier molecular flexibility index (Phi) is 4.57. The zero-order valence-corrected chi connectivity index (χ0v) is 12.5. The molecule has 5 nitrogen and oxygen atoms in total. The Bertz CT molecular complexity index is 533. The highest BCUT2D eigenvalue weighted by atomic mass is 32.2. The number of para-hydroxylation sites is 1. The molecule has 0 fully saturated rings. The van der Waals surface area contributed by atoms with Gasteiger partial charge in [0.05, 0.1) is 11.9 Å². The first kappa shape index (κ1) is 15.5. The molecule has 1 rings (SSSR count). The van der Waals surface area contributed by atoms with Crippen LogP contribution in [0.5, 0.6) is 0 Å². The average Bonchev–Trinajstić information content (AvgIpc) is 2.23. The fraction of sp³-hybridized carbons (Fsp3) is 0.462. The monoisotopic (exact) mass is 284 g/mol. The molecule has 0 saturated heterocycles. The van der Waals surface area contributed by atoms with Gasteiger partial charge in [-0.05, 0) is 32.9 Å². The van der Waals surface area contributed by atoms with E-state index in [2.05, 4.69) is 5.32 Å². The third kappa shape index (κ3) is 5.30. The lowest BCUT2D eigenvalue weighted by Crippen LogP contribution is -2.47. The van der Waals surface area contributed by atoms with Gasteiger partial charge in [0, 0.05) is 5.54 Å². The lowest BCUT2D eigenvalue weighted by Gasteiger charge is -2.25. The number of sulfonamides is 1. The molecule has 1 aromatic rings. The summed E-state index contributed by atoms with van der Waals surface area (Å²) in [5.74, 6) is -0.332. The van der Waals surface area contributed by atoms with E-state index in [1.165, 1.54) is 0 Å². The van der Waals surface area contributed by atoms with Gasteiger partial charge < -0.3 is 5.32 Å². The van der Waals surface area contributed by atoms with Gasteiger partial charge in [-0.1, -0.05) is 18.2 Å². The summed E-state index contributed by atoms with van der Waals surface area (Å²) in [4.78, 5) is 11.9. The Labute approximate surface area is 114 Å². The summed E-state index contributed by atoms with van der Waals surface area (Å²) >= 11 is 0. The van der Waals surface area contributed by atoms with Crippen LogP contribution in [0.3, 0.4) is 0 Å². The van der Waals surface area contributed by atoms with Crippen molar-refractivity contribution in [1.82, 2.24) is 5.32 Å². The van der Waals surface area contributed by atoms with Crippen molar-refractivity contribution < 1.29 is 13.2 Å². The lowest BCUT2D eigenvalue weighted by atomic mass is 10.1. The van der Waals surface area contributed by atoms with Crippen LogP contribution in [-0.2, 0) is 14.8 Å². The maximum absolute atomic E-state index is 11.9.